The van der Waals surface area contributed by atoms with E-state index >= 15 is 0 Å². The Morgan fingerprint density at radius 3 is 2.68 bits per heavy atom. The molecule has 0 heterocycles. The molecule has 0 radical (unpaired) electrons. The molecule has 0 bridgehead atoms. The van der Waals surface area contributed by atoms with Gasteiger partial charge >= 0.3 is 0 Å². The van der Waals surface area contributed by atoms with Crippen LogP contribution < -0.4 is 4.74 Å². The van der Waals surface area contributed by atoms with Gasteiger partial charge in [-0.1, -0.05) is 25.0 Å². The number of ether oxygens (including phenoxy) is 1. The third-order valence-electron chi connectivity index (χ3n) is 3.48. The molecule has 4 heteroatoms. The summed E-state index contributed by atoms with van der Waals surface area (Å²) in [6.07, 6.45) is 4.56. The Bertz CT molecular complexity index is 464. The second-order valence-corrected chi connectivity index (χ2v) is 6.73. The summed E-state index contributed by atoms with van der Waals surface area (Å²) in [6.45, 7) is 1.94. The van der Waals surface area contributed by atoms with Crippen molar-refractivity contribution in [1.82, 2.24) is 0 Å². The highest BCUT2D eigenvalue weighted by Crippen LogP contribution is 2.23. The maximum absolute atomic E-state index is 12.0. The van der Waals surface area contributed by atoms with Crippen molar-refractivity contribution < 1.29 is 13.7 Å². The minimum atomic E-state index is -0.796. The van der Waals surface area contributed by atoms with Crippen LogP contribution in [-0.2, 0) is 10.8 Å². The number of hydrogen-bond acceptors (Lipinski definition) is 3. The summed E-state index contributed by atoms with van der Waals surface area (Å²) >= 11 is 0. The van der Waals surface area contributed by atoms with E-state index in [-0.39, 0.29) is 5.78 Å². The molecule has 1 fully saturated rings. The summed E-state index contributed by atoms with van der Waals surface area (Å²) < 4.78 is 17.6. The fraction of sp³-hybridized carbons (Fsp3) is 0.533. The lowest BCUT2D eigenvalue weighted by atomic mass is 10.1. The average Bonchev–Trinajstić information content (AvgIpc) is 2.93. The number of rotatable bonds is 6. The molecule has 1 aliphatic carbocycles. The largest absolute Gasteiger partial charge is 0.492 e. The zero-order chi connectivity index (χ0) is 13.7. The zero-order valence-corrected chi connectivity index (χ0v) is 12.1. The third kappa shape index (κ3) is 3.90. The second kappa shape index (κ2) is 6.85. The minimum absolute atomic E-state index is 0.00693. The van der Waals surface area contributed by atoms with Crippen LogP contribution in [-0.4, -0.2) is 27.6 Å². The first-order chi connectivity index (χ1) is 9.18. The highest BCUT2D eigenvalue weighted by molar-refractivity contribution is 7.85. The molecule has 1 aliphatic rings. The van der Waals surface area contributed by atoms with E-state index in [9.17, 15) is 9.00 Å². The van der Waals surface area contributed by atoms with Gasteiger partial charge in [0.1, 0.15) is 5.75 Å². The van der Waals surface area contributed by atoms with Gasteiger partial charge in [-0.3, -0.25) is 9.00 Å². The van der Waals surface area contributed by atoms with Crippen molar-refractivity contribution in [3.05, 3.63) is 29.8 Å². The molecule has 1 unspecified atom stereocenters. The van der Waals surface area contributed by atoms with Crippen molar-refractivity contribution >= 4 is 16.6 Å². The molecule has 0 spiro atoms. The van der Waals surface area contributed by atoms with Gasteiger partial charge in [-0.2, -0.15) is 0 Å². The van der Waals surface area contributed by atoms with Crippen molar-refractivity contribution in [3.8, 4) is 5.75 Å². The van der Waals surface area contributed by atoms with Crippen LogP contribution >= 0.6 is 0 Å². The van der Waals surface area contributed by atoms with Gasteiger partial charge < -0.3 is 4.74 Å². The van der Waals surface area contributed by atoms with E-state index in [4.69, 9.17) is 4.74 Å². The van der Waals surface area contributed by atoms with Crippen LogP contribution in [0.2, 0.25) is 0 Å². The number of para-hydroxylation sites is 1. The topological polar surface area (TPSA) is 43.4 Å². The molecule has 1 aromatic carbocycles. The van der Waals surface area contributed by atoms with Crippen LogP contribution in [0, 0.1) is 0 Å². The monoisotopic (exact) mass is 280 g/mol. The van der Waals surface area contributed by atoms with E-state index < -0.39 is 10.8 Å². The number of ketones is 1. The van der Waals surface area contributed by atoms with Gasteiger partial charge in [-0.05, 0) is 31.9 Å². The lowest BCUT2D eigenvalue weighted by molar-refractivity contribution is 0.101. The van der Waals surface area contributed by atoms with E-state index in [2.05, 4.69) is 0 Å². The standard InChI is InChI=1S/C15H20O3S/c1-12(16)14-8-4-5-9-15(14)18-10-11-19(17)13-6-2-3-7-13/h4-5,8-9,13H,2-3,6-7,10-11H2,1H3. The Balaban J connectivity index is 1.85. The molecule has 0 aliphatic heterocycles. The van der Waals surface area contributed by atoms with E-state index in [0.717, 1.165) is 12.8 Å². The SMILES string of the molecule is CC(=O)c1ccccc1OCCS(=O)C1CCCC1. The van der Waals surface area contributed by atoms with E-state index in [1.54, 1.807) is 12.1 Å². The number of carbonyl (C=O) groups excluding carboxylic acids is 1. The van der Waals surface area contributed by atoms with Crippen LogP contribution in [0.5, 0.6) is 5.75 Å². The molecular weight excluding hydrogens is 260 g/mol. The Hall–Kier alpha value is -1.16. The molecule has 0 N–H and O–H groups in total. The van der Waals surface area contributed by atoms with Gasteiger partial charge in [0.2, 0.25) is 0 Å². The summed E-state index contributed by atoms with van der Waals surface area (Å²) in [4.78, 5) is 11.4. The smallest absolute Gasteiger partial charge is 0.163 e. The lowest BCUT2D eigenvalue weighted by Crippen LogP contribution is -2.18. The first kappa shape index (κ1) is 14.3. The molecule has 0 saturated heterocycles. The van der Waals surface area contributed by atoms with Crippen LogP contribution in [0.4, 0.5) is 0 Å². The fourth-order valence-corrected chi connectivity index (χ4v) is 3.88. The van der Waals surface area contributed by atoms with E-state index in [1.807, 2.05) is 12.1 Å². The molecule has 1 aromatic rings. The second-order valence-electron chi connectivity index (χ2n) is 4.89. The third-order valence-corrected chi connectivity index (χ3v) is 5.27. The average molecular weight is 280 g/mol. The minimum Gasteiger partial charge on any atom is -0.492 e. The van der Waals surface area contributed by atoms with Crippen LogP contribution in [0.1, 0.15) is 43.0 Å². The van der Waals surface area contributed by atoms with Gasteiger partial charge in [0.25, 0.3) is 0 Å². The van der Waals surface area contributed by atoms with Crippen molar-refractivity contribution in [2.75, 3.05) is 12.4 Å². The van der Waals surface area contributed by atoms with E-state index in [0.29, 0.717) is 28.9 Å². The van der Waals surface area contributed by atoms with Crippen LogP contribution in [0.3, 0.4) is 0 Å². The first-order valence-electron chi connectivity index (χ1n) is 6.78. The van der Waals surface area contributed by atoms with Crippen molar-refractivity contribution in [1.29, 1.82) is 0 Å². The predicted molar refractivity (Wildman–Crippen MR) is 77.2 cm³/mol. The van der Waals surface area contributed by atoms with Crippen LogP contribution in [0.15, 0.2) is 24.3 Å². The quantitative estimate of drug-likeness (QED) is 0.752. The number of benzene rings is 1. The molecular formula is C15H20O3S. The molecule has 104 valence electrons. The van der Waals surface area contributed by atoms with Crippen LogP contribution in [0.25, 0.3) is 0 Å². The Morgan fingerprint density at radius 2 is 2.00 bits per heavy atom. The molecule has 19 heavy (non-hydrogen) atoms. The molecule has 0 aromatic heterocycles. The highest BCUT2D eigenvalue weighted by atomic mass is 32.2. The first-order valence-corrected chi connectivity index (χ1v) is 8.16. The highest BCUT2D eigenvalue weighted by Gasteiger charge is 2.21. The van der Waals surface area contributed by atoms with Gasteiger partial charge in [0.05, 0.1) is 17.9 Å². The summed E-state index contributed by atoms with van der Waals surface area (Å²) in [7, 11) is -0.796. The summed E-state index contributed by atoms with van der Waals surface area (Å²) in [5.74, 6) is 1.14. The van der Waals surface area contributed by atoms with Crippen molar-refractivity contribution in [2.45, 2.75) is 37.9 Å². The summed E-state index contributed by atoms with van der Waals surface area (Å²) in [5, 5.41) is 0.353. The van der Waals surface area contributed by atoms with Gasteiger partial charge in [0, 0.05) is 16.0 Å². The molecule has 3 nitrogen and oxygen atoms in total. The molecule has 2 rings (SSSR count). The summed E-state index contributed by atoms with van der Waals surface area (Å²) in [6, 6.07) is 7.21. The maximum Gasteiger partial charge on any atom is 0.163 e. The van der Waals surface area contributed by atoms with Crippen molar-refractivity contribution in [2.24, 2.45) is 0 Å². The van der Waals surface area contributed by atoms with E-state index in [1.165, 1.54) is 19.8 Å². The number of hydrogen-bond donors (Lipinski definition) is 0. The Kier molecular flexibility index (Phi) is 5.14. The molecule has 1 saturated carbocycles. The molecule has 1 atom stereocenters. The van der Waals surface area contributed by atoms with Gasteiger partial charge in [-0.25, -0.2) is 0 Å². The Morgan fingerprint density at radius 1 is 1.32 bits per heavy atom. The van der Waals surface area contributed by atoms with Gasteiger partial charge in [0.15, 0.2) is 5.78 Å². The number of Topliss-reactive ketones (excluding diaryl/α,β-unsaturated/α-hetero) is 1. The van der Waals surface area contributed by atoms with Crippen molar-refractivity contribution in [3.63, 3.8) is 0 Å². The lowest BCUT2D eigenvalue weighted by Gasteiger charge is -2.11. The predicted octanol–water partition coefficient (Wildman–Crippen LogP) is 2.96. The van der Waals surface area contributed by atoms with Gasteiger partial charge in [-0.15, -0.1) is 0 Å². The number of carbonyl (C=O) groups is 1. The Labute approximate surface area is 116 Å². The normalized spacial score (nSPS) is 17.3. The maximum atomic E-state index is 12.0. The fourth-order valence-electron chi connectivity index (χ4n) is 2.44. The zero-order valence-electron chi connectivity index (χ0n) is 11.3. The summed E-state index contributed by atoms with van der Waals surface area (Å²) in [5.41, 5.74) is 0.592. The molecule has 0 amide bonds.